The molecule has 82 valence electrons. The lowest BCUT2D eigenvalue weighted by Gasteiger charge is -2.04. The summed E-state index contributed by atoms with van der Waals surface area (Å²) in [4.78, 5) is 12.0. The Morgan fingerprint density at radius 3 is 2.93 bits per heavy atom. The number of aromatic nitrogens is 2. The third-order valence-electron chi connectivity index (χ3n) is 2.91. The van der Waals surface area contributed by atoms with Crippen molar-refractivity contribution in [1.82, 2.24) is 9.78 Å². The van der Waals surface area contributed by atoms with E-state index in [0.717, 1.165) is 19.4 Å². The van der Waals surface area contributed by atoms with Crippen LogP contribution in [0.3, 0.4) is 0 Å². The fraction of sp³-hybridized carbons (Fsp3) is 0.636. The molecule has 1 heterocycles. The van der Waals surface area contributed by atoms with Gasteiger partial charge in [0, 0.05) is 12.5 Å². The van der Waals surface area contributed by atoms with Crippen LogP contribution in [0, 0.1) is 11.8 Å². The molecule has 1 aliphatic rings. The molecule has 0 aliphatic heterocycles. The number of Topliss-reactive ketones (excluding diaryl/α,β-unsaturated/α-hetero) is 1. The summed E-state index contributed by atoms with van der Waals surface area (Å²) in [7, 11) is 0. The van der Waals surface area contributed by atoms with Crippen molar-refractivity contribution < 1.29 is 4.79 Å². The maximum Gasteiger partial charge on any atom is 0.185 e. The molecule has 3 nitrogen and oxygen atoms in total. The first-order valence-corrected chi connectivity index (χ1v) is 5.78. The minimum absolute atomic E-state index is 0.165. The fourth-order valence-corrected chi connectivity index (χ4v) is 2.09. The van der Waals surface area contributed by atoms with Crippen LogP contribution in [0.2, 0.25) is 5.02 Å². The smallest absolute Gasteiger partial charge is 0.185 e. The molecule has 0 bridgehead atoms. The van der Waals surface area contributed by atoms with Crippen LogP contribution in [0.5, 0.6) is 0 Å². The van der Waals surface area contributed by atoms with Gasteiger partial charge in [-0.3, -0.25) is 9.48 Å². The minimum atomic E-state index is 0.165. The average Bonchev–Trinajstić information content (AvgIpc) is 2.81. The molecule has 1 aromatic rings. The van der Waals surface area contributed by atoms with Crippen LogP contribution in [0.4, 0.5) is 0 Å². The zero-order chi connectivity index (χ0) is 11.0. The summed E-state index contributed by atoms with van der Waals surface area (Å²) in [6.45, 7) is 4.91. The zero-order valence-corrected chi connectivity index (χ0v) is 9.79. The third kappa shape index (κ3) is 1.93. The number of carbonyl (C=O) groups excluding carboxylic acids is 1. The predicted molar refractivity (Wildman–Crippen MR) is 59.1 cm³/mol. The number of hydrogen-bond acceptors (Lipinski definition) is 2. The van der Waals surface area contributed by atoms with E-state index in [-0.39, 0.29) is 11.7 Å². The van der Waals surface area contributed by atoms with Gasteiger partial charge in [-0.1, -0.05) is 25.4 Å². The van der Waals surface area contributed by atoms with Gasteiger partial charge < -0.3 is 0 Å². The Hall–Kier alpha value is -0.830. The van der Waals surface area contributed by atoms with Gasteiger partial charge in [0.15, 0.2) is 5.78 Å². The highest BCUT2D eigenvalue weighted by Gasteiger charge is 2.41. The predicted octanol–water partition coefficient (Wildman–Crippen LogP) is 2.79. The summed E-state index contributed by atoms with van der Waals surface area (Å²) in [5, 5.41) is 4.62. The molecule has 1 aliphatic carbocycles. The van der Waals surface area contributed by atoms with E-state index in [0.29, 0.717) is 16.6 Å². The molecule has 0 aromatic carbocycles. The van der Waals surface area contributed by atoms with Gasteiger partial charge in [0.2, 0.25) is 0 Å². The number of aryl methyl sites for hydroxylation is 1. The molecule has 2 atom stereocenters. The van der Waals surface area contributed by atoms with E-state index in [1.54, 1.807) is 10.9 Å². The van der Waals surface area contributed by atoms with Crippen molar-refractivity contribution in [3.63, 3.8) is 0 Å². The maximum absolute atomic E-state index is 12.0. The lowest BCUT2D eigenvalue weighted by molar-refractivity contribution is 0.0951. The van der Waals surface area contributed by atoms with Crippen LogP contribution < -0.4 is 0 Å². The van der Waals surface area contributed by atoms with Gasteiger partial charge in [-0.25, -0.2) is 0 Å². The number of hydrogen-bond donors (Lipinski definition) is 0. The average molecular weight is 227 g/mol. The lowest BCUT2D eigenvalue weighted by Crippen LogP contribution is -2.13. The molecule has 0 spiro atoms. The third-order valence-corrected chi connectivity index (χ3v) is 3.19. The summed E-state index contributed by atoms with van der Waals surface area (Å²) in [6.07, 6.45) is 3.52. The SMILES string of the molecule is CCCn1ncc(Cl)c1C(=O)C1CC1C. The standard InChI is InChI=1S/C11H15ClN2O/c1-3-4-14-10(9(12)6-13-14)11(15)8-5-7(8)2/h6-8H,3-5H2,1-2H3. The Balaban J connectivity index is 2.25. The summed E-state index contributed by atoms with van der Waals surface area (Å²) in [5.41, 5.74) is 0.605. The van der Waals surface area contributed by atoms with Crippen molar-refractivity contribution in [3.8, 4) is 0 Å². The molecule has 1 aromatic heterocycles. The molecule has 2 unspecified atom stereocenters. The monoisotopic (exact) mass is 226 g/mol. The molecular weight excluding hydrogens is 212 g/mol. The fourth-order valence-electron chi connectivity index (χ4n) is 1.85. The highest BCUT2D eigenvalue weighted by molar-refractivity contribution is 6.33. The van der Waals surface area contributed by atoms with Crippen LogP contribution >= 0.6 is 11.6 Å². The van der Waals surface area contributed by atoms with Gasteiger partial charge in [-0.05, 0) is 18.8 Å². The number of halogens is 1. The number of nitrogens with zero attached hydrogens (tertiary/aromatic N) is 2. The molecular formula is C11H15ClN2O. The van der Waals surface area contributed by atoms with Crippen molar-refractivity contribution in [1.29, 1.82) is 0 Å². The molecule has 0 amide bonds. The molecule has 0 radical (unpaired) electrons. The maximum atomic E-state index is 12.0. The van der Waals surface area contributed by atoms with E-state index in [2.05, 4.69) is 18.9 Å². The Morgan fingerprint density at radius 1 is 1.73 bits per heavy atom. The second-order valence-corrected chi connectivity index (χ2v) is 4.66. The van der Waals surface area contributed by atoms with Crippen molar-refractivity contribution in [2.45, 2.75) is 33.2 Å². The number of ketones is 1. The quantitative estimate of drug-likeness (QED) is 0.740. The number of rotatable bonds is 4. The van der Waals surface area contributed by atoms with E-state index in [4.69, 9.17) is 11.6 Å². The highest BCUT2D eigenvalue weighted by atomic mass is 35.5. The topological polar surface area (TPSA) is 34.9 Å². The van der Waals surface area contributed by atoms with Crippen molar-refractivity contribution >= 4 is 17.4 Å². The summed E-state index contributed by atoms with van der Waals surface area (Å²) in [5.74, 6) is 0.854. The van der Waals surface area contributed by atoms with Crippen LogP contribution in [0.1, 0.15) is 37.2 Å². The van der Waals surface area contributed by atoms with Crippen molar-refractivity contribution in [2.75, 3.05) is 0 Å². The van der Waals surface area contributed by atoms with Crippen molar-refractivity contribution in [3.05, 3.63) is 16.9 Å². The van der Waals surface area contributed by atoms with Crippen LogP contribution in [-0.4, -0.2) is 15.6 Å². The van der Waals surface area contributed by atoms with Crippen LogP contribution in [0.15, 0.2) is 6.20 Å². The molecule has 4 heteroatoms. The Morgan fingerprint density at radius 2 is 2.40 bits per heavy atom. The minimum Gasteiger partial charge on any atom is -0.292 e. The summed E-state index contributed by atoms with van der Waals surface area (Å²) in [6, 6.07) is 0. The Bertz CT molecular complexity index is 386. The first kappa shape index (κ1) is 10.7. The largest absolute Gasteiger partial charge is 0.292 e. The first-order valence-electron chi connectivity index (χ1n) is 5.40. The lowest BCUT2D eigenvalue weighted by atomic mass is 10.1. The number of carbonyl (C=O) groups is 1. The van der Waals surface area contributed by atoms with Crippen LogP contribution in [0.25, 0.3) is 0 Å². The van der Waals surface area contributed by atoms with Crippen molar-refractivity contribution in [2.24, 2.45) is 11.8 Å². The van der Waals surface area contributed by atoms with Gasteiger partial charge in [-0.15, -0.1) is 0 Å². The van der Waals surface area contributed by atoms with Gasteiger partial charge in [-0.2, -0.15) is 5.10 Å². The zero-order valence-electron chi connectivity index (χ0n) is 9.03. The molecule has 1 saturated carbocycles. The molecule has 15 heavy (non-hydrogen) atoms. The van der Waals surface area contributed by atoms with Gasteiger partial charge in [0.1, 0.15) is 5.69 Å². The summed E-state index contributed by atoms with van der Waals surface area (Å²) < 4.78 is 1.73. The van der Waals surface area contributed by atoms with E-state index in [1.165, 1.54) is 0 Å². The van der Waals surface area contributed by atoms with Gasteiger partial charge in [0.05, 0.1) is 11.2 Å². The Kier molecular flexibility index (Phi) is 2.83. The van der Waals surface area contributed by atoms with E-state index < -0.39 is 0 Å². The van der Waals surface area contributed by atoms with Crippen LogP contribution in [-0.2, 0) is 6.54 Å². The summed E-state index contributed by atoms with van der Waals surface area (Å²) >= 11 is 5.99. The second kappa shape index (κ2) is 3.97. The van der Waals surface area contributed by atoms with E-state index in [1.807, 2.05) is 0 Å². The normalized spacial score (nSPS) is 24.2. The van der Waals surface area contributed by atoms with E-state index in [9.17, 15) is 4.79 Å². The highest BCUT2D eigenvalue weighted by Crippen LogP contribution is 2.41. The first-order chi connectivity index (χ1) is 7.15. The van der Waals surface area contributed by atoms with Gasteiger partial charge >= 0.3 is 0 Å². The Labute approximate surface area is 94.4 Å². The second-order valence-electron chi connectivity index (χ2n) is 4.25. The molecule has 2 rings (SSSR count). The molecule has 0 N–H and O–H groups in total. The van der Waals surface area contributed by atoms with Gasteiger partial charge in [0.25, 0.3) is 0 Å². The molecule has 0 saturated heterocycles. The van der Waals surface area contributed by atoms with E-state index >= 15 is 0 Å². The molecule has 1 fully saturated rings.